The number of aryl methyl sites for hydroxylation is 1. The van der Waals surface area contributed by atoms with E-state index in [9.17, 15) is 4.79 Å². The predicted octanol–water partition coefficient (Wildman–Crippen LogP) is 4.00. The van der Waals surface area contributed by atoms with E-state index in [-0.39, 0.29) is 6.09 Å². The van der Waals surface area contributed by atoms with Gasteiger partial charge in [0.05, 0.1) is 6.61 Å². The van der Waals surface area contributed by atoms with E-state index < -0.39 is 5.60 Å². The average Bonchev–Trinajstić information content (AvgIpc) is 2.22. The molecule has 116 valence electrons. The highest BCUT2D eigenvalue weighted by molar-refractivity contribution is 9.10. The number of benzene rings is 1. The minimum atomic E-state index is -0.438. The molecule has 0 aliphatic carbocycles. The van der Waals surface area contributed by atoms with E-state index in [0.29, 0.717) is 25.6 Å². The fraction of sp³-hybridized carbons (Fsp3) is 0.562. The summed E-state index contributed by atoms with van der Waals surface area (Å²) < 4.78 is 12.1. The van der Waals surface area contributed by atoms with E-state index in [2.05, 4.69) is 15.9 Å². The molecule has 0 unspecified atom stereocenters. The Morgan fingerprint density at radius 3 is 2.57 bits per heavy atom. The minimum absolute atomic E-state index is 0.239. The molecule has 1 saturated heterocycles. The third-order valence-corrected chi connectivity index (χ3v) is 3.57. The third-order valence-electron chi connectivity index (χ3n) is 3.11. The summed E-state index contributed by atoms with van der Waals surface area (Å²) in [6.45, 7) is 9.67. The molecular weight excluding hydrogens is 334 g/mol. The first-order valence-electron chi connectivity index (χ1n) is 7.11. The first-order valence-corrected chi connectivity index (χ1v) is 7.90. The van der Waals surface area contributed by atoms with Gasteiger partial charge in [-0.1, -0.05) is 15.9 Å². The van der Waals surface area contributed by atoms with E-state index in [4.69, 9.17) is 9.47 Å². The molecule has 5 heteroatoms. The molecule has 1 aromatic carbocycles. The number of carbonyl (C=O) groups excluding carboxylic acids is 1. The van der Waals surface area contributed by atoms with Gasteiger partial charge in [0.1, 0.15) is 11.4 Å². The molecule has 0 aromatic heterocycles. The van der Waals surface area contributed by atoms with Crippen molar-refractivity contribution in [1.82, 2.24) is 4.90 Å². The number of nitrogens with zero attached hydrogens (tertiary/aromatic N) is 1. The maximum atomic E-state index is 11.8. The Labute approximate surface area is 134 Å². The van der Waals surface area contributed by atoms with Gasteiger partial charge < -0.3 is 14.4 Å². The highest BCUT2D eigenvalue weighted by atomic mass is 79.9. The Hall–Kier alpha value is -1.23. The molecule has 1 aliphatic rings. The lowest BCUT2D eigenvalue weighted by Crippen LogP contribution is -2.53. The lowest BCUT2D eigenvalue weighted by molar-refractivity contribution is -0.00781. The Morgan fingerprint density at radius 1 is 1.33 bits per heavy atom. The fourth-order valence-corrected chi connectivity index (χ4v) is 2.74. The molecule has 1 fully saturated rings. The van der Waals surface area contributed by atoms with Crippen LogP contribution in [0.15, 0.2) is 22.7 Å². The van der Waals surface area contributed by atoms with Crippen LogP contribution in [0.4, 0.5) is 4.79 Å². The molecule has 0 radical (unpaired) electrons. The Bertz CT molecular complexity index is 498. The third kappa shape index (κ3) is 4.92. The quantitative estimate of drug-likeness (QED) is 0.822. The molecule has 0 bridgehead atoms. The largest absolute Gasteiger partial charge is 0.493 e. The van der Waals surface area contributed by atoms with E-state index in [0.717, 1.165) is 15.8 Å². The van der Waals surface area contributed by atoms with E-state index in [1.54, 1.807) is 4.90 Å². The fourth-order valence-electron chi connectivity index (χ4n) is 2.15. The molecular formula is C16H22BrNO3. The standard InChI is InChI=1S/C16H22BrNO3/c1-11-5-13(17)7-14(6-11)20-10-12-8-18(9-12)15(19)21-16(2,3)4/h5-7,12H,8-10H2,1-4H3. The zero-order chi connectivity index (χ0) is 15.6. The van der Waals surface area contributed by atoms with Gasteiger partial charge >= 0.3 is 6.09 Å². The van der Waals surface area contributed by atoms with Crippen LogP contribution in [0.5, 0.6) is 5.75 Å². The maximum absolute atomic E-state index is 11.8. The highest BCUT2D eigenvalue weighted by Crippen LogP contribution is 2.24. The summed E-state index contributed by atoms with van der Waals surface area (Å²) in [6.07, 6.45) is -0.239. The monoisotopic (exact) mass is 355 g/mol. The van der Waals surface area contributed by atoms with Gasteiger partial charge in [-0.15, -0.1) is 0 Å². The molecule has 1 heterocycles. The lowest BCUT2D eigenvalue weighted by Gasteiger charge is -2.39. The molecule has 0 atom stereocenters. The number of carbonyl (C=O) groups is 1. The van der Waals surface area contributed by atoms with Gasteiger partial charge in [0.25, 0.3) is 0 Å². The number of amides is 1. The van der Waals surface area contributed by atoms with Crippen molar-refractivity contribution in [3.8, 4) is 5.75 Å². The van der Waals surface area contributed by atoms with Crippen LogP contribution in [0.2, 0.25) is 0 Å². The highest BCUT2D eigenvalue weighted by Gasteiger charge is 2.33. The van der Waals surface area contributed by atoms with Crippen molar-refractivity contribution < 1.29 is 14.3 Å². The molecule has 4 nitrogen and oxygen atoms in total. The van der Waals surface area contributed by atoms with Crippen molar-refractivity contribution >= 4 is 22.0 Å². The van der Waals surface area contributed by atoms with E-state index in [1.165, 1.54) is 0 Å². The SMILES string of the molecule is Cc1cc(Br)cc(OCC2CN(C(=O)OC(C)(C)C)C2)c1. The van der Waals surface area contributed by atoms with Gasteiger partial charge in [-0.2, -0.15) is 0 Å². The second-order valence-electron chi connectivity index (χ2n) is 6.53. The van der Waals surface area contributed by atoms with E-state index in [1.807, 2.05) is 45.9 Å². The summed E-state index contributed by atoms with van der Waals surface area (Å²) in [5, 5.41) is 0. The molecule has 1 amide bonds. The number of likely N-dealkylation sites (tertiary alicyclic amines) is 1. The predicted molar refractivity (Wildman–Crippen MR) is 85.7 cm³/mol. The van der Waals surface area contributed by atoms with Gasteiger partial charge in [0.2, 0.25) is 0 Å². The summed E-state index contributed by atoms with van der Waals surface area (Å²) in [5.74, 6) is 1.23. The number of halogens is 1. The van der Waals surface area contributed by atoms with Gasteiger partial charge in [0.15, 0.2) is 0 Å². The first-order chi connectivity index (χ1) is 9.73. The number of rotatable bonds is 3. The number of hydrogen-bond acceptors (Lipinski definition) is 3. The van der Waals surface area contributed by atoms with Crippen LogP contribution < -0.4 is 4.74 Å². The zero-order valence-corrected chi connectivity index (χ0v) is 14.6. The molecule has 0 N–H and O–H groups in total. The maximum Gasteiger partial charge on any atom is 0.410 e. The van der Waals surface area contributed by atoms with Crippen LogP contribution in [0.3, 0.4) is 0 Å². The van der Waals surface area contributed by atoms with Crippen LogP contribution in [0.1, 0.15) is 26.3 Å². The van der Waals surface area contributed by atoms with Crippen molar-refractivity contribution in [3.63, 3.8) is 0 Å². The van der Waals surface area contributed by atoms with Crippen LogP contribution in [-0.2, 0) is 4.74 Å². The van der Waals surface area contributed by atoms with Gasteiger partial charge in [-0.25, -0.2) is 4.79 Å². The molecule has 1 aliphatic heterocycles. The molecule has 0 spiro atoms. The van der Waals surface area contributed by atoms with E-state index >= 15 is 0 Å². The summed E-state index contributed by atoms with van der Waals surface area (Å²) in [4.78, 5) is 13.5. The normalized spacial score (nSPS) is 15.6. The second kappa shape index (κ2) is 6.26. The van der Waals surface area contributed by atoms with Crippen molar-refractivity contribution in [1.29, 1.82) is 0 Å². The van der Waals surface area contributed by atoms with Crippen molar-refractivity contribution in [2.24, 2.45) is 5.92 Å². The minimum Gasteiger partial charge on any atom is -0.493 e. The average molecular weight is 356 g/mol. The Balaban J connectivity index is 1.74. The van der Waals surface area contributed by atoms with Gasteiger partial charge in [0, 0.05) is 23.5 Å². The smallest absolute Gasteiger partial charge is 0.410 e. The van der Waals surface area contributed by atoms with Crippen LogP contribution in [0, 0.1) is 12.8 Å². The van der Waals surface area contributed by atoms with Crippen molar-refractivity contribution in [2.45, 2.75) is 33.3 Å². The Kier molecular flexibility index (Phi) is 4.81. The summed E-state index contributed by atoms with van der Waals surface area (Å²) in [5.41, 5.74) is 0.718. The molecule has 1 aromatic rings. The summed E-state index contributed by atoms with van der Waals surface area (Å²) in [6, 6.07) is 6.01. The van der Waals surface area contributed by atoms with Crippen LogP contribution >= 0.6 is 15.9 Å². The second-order valence-corrected chi connectivity index (χ2v) is 7.44. The van der Waals surface area contributed by atoms with Gasteiger partial charge in [-0.05, 0) is 51.5 Å². The van der Waals surface area contributed by atoms with Crippen molar-refractivity contribution in [2.75, 3.05) is 19.7 Å². The zero-order valence-electron chi connectivity index (χ0n) is 13.0. The van der Waals surface area contributed by atoms with Crippen LogP contribution in [0.25, 0.3) is 0 Å². The molecule has 0 saturated carbocycles. The van der Waals surface area contributed by atoms with Crippen molar-refractivity contribution in [3.05, 3.63) is 28.2 Å². The Morgan fingerprint density at radius 2 is 2.00 bits per heavy atom. The first kappa shape index (κ1) is 16.1. The van der Waals surface area contributed by atoms with Crippen LogP contribution in [-0.4, -0.2) is 36.3 Å². The van der Waals surface area contributed by atoms with Gasteiger partial charge in [-0.3, -0.25) is 0 Å². The summed E-state index contributed by atoms with van der Waals surface area (Å²) in [7, 11) is 0. The summed E-state index contributed by atoms with van der Waals surface area (Å²) >= 11 is 3.46. The molecule has 21 heavy (non-hydrogen) atoms. The topological polar surface area (TPSA) is 38.8 Å². The number of hydrogen-bond donors (Lipinski definition) is 0. The number of ether oxygens (including phenoxy) is 2. The molecule has 2 rings (SSSR count). The lowest BCUT2D eigenvalue weighted by atomic mass is 10.0.